The lowest BCUT2D eigenvalue weighted by molar-refractivity contribution is 0.480. The van der Waals surface area contributed by atoms with E-state index in [9.17, 15) is 0 Å². The number of aryl methyl sites for hydroxylation is 1. The lowest BCUT2D eigenvalue weighted by Gasteiger charge is -2.16. The van der Waals surface area contributed by atoms with E-state index in [2.05, 4.69) is 50.5 Å². The number of hydrogen-bond acceptors (Lipinski definition) is 1. The average Bonchev–Trinajstić information content (AvgIpc) is 2.50. The SMILES string of the molecule is CCCCCCCCC(Cc1ccc(CC)cc1)NC. The lowest BCUT2D eigenvalue weighted by atomic mass is 9.99. The molecule has 0 saturated heterocycles. The molecule has 0 spiro atoms. The summed E-state index contributed by atoms with van der Waals surface area (Å²) in [4.78, 5) is 0. The van der Waals surface area contributed by atoms with Crippen molar-refractivity contribution in [1.82, 2.24) is 5.32 Å². The van der Waals surface area contributed by atoms with Gasteiger partial charge in [0.05, 0.1) is 0 Å². The van der Waals surface area contributed by atoms with Crippen LogP contribution in [0.1, 0.15) is 69.9 Å². The number of hydrogen-bond donors (Lipinski definition) is 1. The Hall–Kier alpha value is -0.820. The lowest BCUT2D eigenvalue weighted by Crippen LogP contribution is -2.27. The first kappa shape index (κ1) is 17.2. The summed E-state index contributed by atoms with van der Waals surface area (Å²) >= 11 is 0. The van der Waals surface area contributed by atoms with E-state index >= 15 is 0 Å². The molecule has 1 nitrogen and oxygen atoms in total. The van der Waals surface area contributed by atoms with E-state index in [-0.39, 0.29) is 0 Å². The first-order chi connectivity index (χ1) is 9.80. The minimum Gasteiger partial charge on any atom is -0.317 e. The van der Waals surface area contributed by atoms with Crippen LogP contribution in [0, 0.1) is 0 Å². The van der Waals surface area contributed by atoms with E-state index in [1.807, 2.05) is 0 Å². The van der Waals surface area contributed by atoms with E-state index in [0.717, 1.165) is 12.8 Å². The van der Waals surface area contributed by atoms with Crippen molar-refractivity contribution in [2.45, 2.75) is 77.7 Å². The van der Waals surface area contributed by atoms with Gasteiger partial charge in [-0.1, -0.05) is 76.6 Å². The third-order valence-corrected chi connectivity index (χ3v) is 4.23. The maximum Gasteiger partial charge on any atom is 0.0104 e. The van der Waals surface area contributed by atoms with Crippen molar-refractivity contribution < 1.29 is 0 Å². The molecule has 0 aromatic heterocycles. The van der Waals surface area contributed by atoms with Gasteiger partial charge in [-0.2, -0.15) is 0 Å². The molecule has 1 aromatic carbocycles. The summed E-state index contributed by atoms with van der Waals surface area (Å²) in [6.07, 6.45) is 11.9. The zero-order valence-electron chi connectivity index (χ0n) is 13.8. The maximum atomic E-state index is 3.48. The fraction of sp³-hybridized carbons (Fsp3) is 0.684. The molecule has 1 heteroatoms. The minimum atomic E-state index is 0.633. The molecule has 1 atom stereocenters. The highest BCUT2D eigenvalue weighted by Gasteiger charge is 2.07. The van der Waals surface area contributed by atoms with Crippen molar-refractivity contribution in [3.8, 4) is 0 Å². The summed E-state index contributed by atoms with van der Waals surface area (Å²) in [6.45, 7) is 4.49. The van der Waals surface area contributed by atoms with Gasteiger partial charge in [-0.05, 0) is 37.4 Å². The first-order valence-electron chi connectivity index (χ1n) is 8.55. The number of benzene rings is 1. The molecule has 114 valence electrons. The molecule has 1 aromatic rings. The predicted octanol–water partition coefficient (Wildman–Crippen LogP) is 5.13. The molecule has 0 bridgehead atoms. The van der Waals surface area contributed by atoms with Crippen LogP contribution in [-0.2, 0) is 12.8 Å². The molecule has 1 N–H and O–H groups in total. The second-order valence-corrected chi connectivity index (χ2v) is 5.92. The van der Waals surface area contributed by atoms with Crippen molar-refractivity contribution in [3.05, 3.63) is 35.4 Å². The first-order valence-corrected chi connectivity index (χ1v) is 8.55. The monoisotopic (exact) mass is 275 g/mol. The molecule has 0 fully saturated rings. The standard InChI is InChI=1S/C19H33N/c1-4-6-7-8-9-10-11-19(20-3)16-18-14-12-17(5-2)13-15-18/h12-15,19-20H,4-11,16H2,1-3H3. The summed E-state index contributed by atoms with van der Waals surface area (Å²) in [5.41, 5.74) is 2.90. The van der Waals surface area contributed by atoms with Gasteiger partial charge < -0.3 is 5.32 Å². The molecule has 20 heavy (non-hydrogen) atoms. The predicted molar refractivity (Wildman–Crippen MR) is 90.4 cm³/mol. The summed E-state index contributed by atoms with van der Waals surface area (Å²) in [5, 5.41) is 3.48. The van der Waals surface area contributed by atoms with Gasteiger partial charge in [0, 0.05) is 6.04 Å². The number of rotatable bonds is 11. The van der Waals surface area contributed by atoms with Gasteiger partial charge in [0.1, 0.15) is 0 Å². The van der Waals surface area contributed by atoms with Crippen LogP contribution in [0.5, 0.6) is 0 Å². The van der Waals surface area contributed by atoms with Crippen molar-refractivity contribution >= 4 is 0 Å². The molecule has 0 radical (unpaired) electrons. The number of unbranched alkanes of at least 4 members (excludes halogenated alkanes) is 5. The smallest absolute Gasteiger partial charge is 0.0104 e. The molecule has 1 rings (SSSR count). The minimum absolute atomic E-state index is 0.633. The van der Waals surface area contributed by atoms with Crippen LogP contribution in [0.3, 0.4) is 0 Å². The zero-order valence-corrected chi connectivity index (χ0v) is 13.8. The molecule has 0 aliphatic heterocycles. The van der Waals surface area contributed by atoms with Crippen LogP contribution in [0.4, 0.5) is 0 Å². The Labute approximate surface area is 126 Å². The van der Waals surface area contributed by atoms with Crippen molar-refractivity contribution in [1.29, 1.82) is 0 Å². The van der Waals surface area contributed by atoms with E-state index < -0.39 is 0 Å². The van der Waals surface area contributed by atoms with E-state index in [1.54, 1.807) is 0 Å². The van der Waals surface area contributed by atoms with Gasteiger partial charge in [-0.3, -0.25) is 0 Å². The second-order valence-electron chi connectivity index (χ2n) is 5.92. The van der Waals surface area contributed by atoms with Crippen LogP contribution >= 0.6 is 0 Å². The molecule has 1 unspecified atom stereocenters. The Morgan fingerprint density at radius 1 is 0.850 bits per heavy atom. The van der Waals surface area contributed by atoms with E-state index in [1.165, 1.54) is 56.1 Å². The van der Waals surface area contributed by atoms with E-state index in [0.29, 0.717) is 6.04 Å². The topological polar surface area (TPSA) is 12.0 Å². The summed E-state index contributed by atoms with van der Waals surface area (Å²) in [7, 11) is 2.10. The molecule has 0 heterocycles. The van der Waals surface area contributed by atoms with Crippen LogP contribution < -0.4 is 5.32 Å². The molecule has 0 amide bonds. The van der Waals surface area contributed by atoms with Gasteiger partial charge in [0.25, 0.3) is 0 Å². The molecule has 0 aliphatic rings. The Balaban J connectivity index is 2.24. The molecule has 0 aliphatic carbocycles. The van der Waals surface area contributed by atoms with Gasteiger partial charge in [-0.25, -0.2) is 0 Å². The molecular formula is C19H33N. The van der Waals surface area contributed by atoms with Crippen molar-refractivity contribution in [2.75, 3.05) is 7.05 Å². The van der Waals surface area contributed by atoms with Crippen LogP contribution in [0.15, 0.2) is 24.3 Å². The Kier molecular flexibility index (Phi) is 9.40. The molecular weight excluding hydrogens is 242 g/mol. The molecule has 0 saturated carbocycles. The average molecular weight is 275 g/mol. The largest absolute Gasteiger partial charge is 0.317 e. The van der Waals surface area contributed by atoms with Crippen molar-refractivity contribution in [3.63, 3.8) is 0 Å². The third kappa shape index (κ3) is 7.09. The van der Waals surface area contributed by atoms with Gasteiger partial charge >= 0.3 is 0 Å². The third-order valence-electron chi connectivity index (χ3n) is 4.23. The fourth-order valence-corrected chi connectivity index (χ4v) is 2.72. The highest BCUT2D eigenvalue weighted by atomic mass is 14.9. The summed E-state index contributed by atoms with van der Waals surface area (Å²) < 4.78 is 0. The van der Waals surface area contributed by atoms with Crippen LogP contribution in [-0.4, -0.2) is 13.1 Å². The maximum absolute atomic E-state index is 3.48. The quantitative estimate of drug-likeness (QED) is 0.552. The Bertz CT molecular complexity index is 328. The number of likely N-dealkylation sites (N-methyl/N-ethyl adjacent to an activating group) is 1. The van der Waals surface area contributed by atoms with Crippen LogP contribution in [0.2, 0.25) is 0 Å². The van der Waals surface area contributed by atoms with Gasteiger partial charge in [0.15, 0.2) is 0 Å². The Morgan fingerprint density at radius 3 is 2.05 bits per heavy atom. The second kappa shape index (κ2) is 10.9. The number of nitrogens with one attached hydrogen (secondary N) is 1. The van der Waals surface area contributed by atoms with Crippen molar-refractivity contribution in [2.24, 2.45) is 0 Å². The zero-order chi connectivity index (χ0) is 14.6. The van der Waals surface area contributed by atoms with Gasteiger partial charge in [0.2, 0.25) is 0 Å². The fourth-order valence-electron chi connectivity index (χ4n) is 2.72. The Morgan fingerprint density at radius 2 is 1.45 bits per heavy atom. The van der Waals surface area contributed by atoms with Crippen LogP contribution in [0.25, 0.3) is 0 Å². The summed E-state index contributed by atoms with van der Waals surface area (Å²) in [6, 6.07) is 9.77. The highest BCUT2D eigenvalue weighted by molar-refractivity contribution is 5.23. The summed E-state index contributed by atoms with van der Waals surface area (Å²) in [5.74, 6) is 0. The normalized spacial score (nSPS) is 12.6. The van der Waals surface area contributed by atoms with Gasteiger partial charge in [-0.15, -0.1) is 0 Å². The van der Waals surface area contributed by atoms with E-state index in [4.69, 9.17) is 0 Å². The highest BCUT2D eigenvalue weighted by Crippen LogP contribution is 2.13.